The van der Waals surface area contributed by atoms with E-state index >= 15 is 0 Å². The maximum absolute atomic E-state index is 14.0. The van der Waals surface area contributed by atoms with Gasteiger partial charge in [-0.15, -0.1) is 0 Å². The third-order valence-electron chi connectivity index (χ3n) is 9.22. The van der Waals surface area contributed by atoms with Gasteiger partial charge in [0.05, 0.1) is 6.42 Å². The highest BCUT2D eigenvalue weighted by molar-refractivity contribution is 7.98. The van der Waals surface area contributed by atoms with Crippen LogP contribution >= 0.6 is 11.8 Å². The average molecular weight is 652 g/mol. The molecule has 45 heavy (non-hydrogen) atoms. The number of nitrogens with one attached hydrogen (secondary N) is 4. The summed E-state index contributed by atoms with van der Waals surface area (Å²) in [6.45, 7) is 6.59. The van der Waals surface area contributed by atoms with Gasteiger partial charge in [-0.05, 0) is 108 Å². The van der Waals surface area contributed by atoms with Gasteiger partial charge in [-0.25, -0.2) is 10.2 Å². The largest absolute Gasteiger partial charge is 0.462 e. The Bertz CT molecular complexity index is 1120. The van der Waals surface area contributed by atoms with Crippen molar-refractivity contribution in [2.45, 2.75) is 115 Å². The summed E-state index contributed by atoms with van der Waals surface area (Å²) in [4.78, 5) is 79.1. The number of rotatable bonds is 11. The number of amides is 5. The van der Waals surface area contributed by atoms with E-state index in [1.165, 1.54) is 30.0 Å². The average Bonchev–Trinajstić information content (AvgIpc) is 3.44. The molecule has 0 aromatic rings. The maximum atomic E-state index is 14.0. The lowest BCUT2D eigenvalue weighted by Gasteiger charge is -2.53. The topological polar surface area (TPSA) is 172 Å². The van der Waals surface area contributed by atoms with Crippen LogP contribution in [0.15, 0.2) is 0 Å². The third-order valence-corrected chi connectivity index (χ3v) is 9.87. The summed E-state index contributed by atoms with van der Waals surface area (Å²) in [6, 6.07) is -3.14. The first kappa shape index (κ1) is 34.8. The molecule has 4 bridgehead atoms. The van der Waals surface area contributed by atoms with Crippen LogP contribution < -0.4 is 21.5 Å². The summed E-state index contributed by atoms with van der Waals surface area (Å²) in [5, 5.41) is 5.33. The van der Waals surface area contributed by atoms with Crippen molar-refractivity contribution < 1.29 is 38.2 Å². The molecule has 1 aliphatic heterocycles. The highest BCUT2D eigenvalue weighted by atomic mass is 32.2. The van der Waals surface area contributed by atoms with Crippen LogP contribution in [0.5, 0.6) is 0 Å². The van der Waals surface area contributed by atoms with Gasteiger partial charge in [-0.2, -0.15) is 11.8 Å². The number of hydrazine groups is 1. The Labute approximate surface area is 269 Å². The quantitative estimate of drug-likeness (QED) is 0.193. The first-order valence-corrected chi connectivity index (χ1v) is 17.5. The molecule has 5 aliphatic rings. The molecule has 13 nitrogen and oxygen atoms in total. The molecule has 4 N–H and O–H groups in total. The number of hydrogen-bond donors (Lipinski definition) is 4. The van der Waals surface area contributed by atoms with Gasteiger partial charge in [-0.3, -0.25) is 29.4 Å². The first-order chi connectivity index (χ1) is 21.2. The van der Waals surface area contributed by atoms with E-state index in [9.17, 15) is 28.8 Å². The Kier molecular flexibility index (Phi) is 11.6. The van der Waals surface area contributed by atoms with Crippen molar-refractivity contribution in [3.05, 3.63) is 0 Å². The van der Waals surface area contributed by atoms with Crippen LogP contribution in [-0.2, 0) is 33.4 Å². The zero-order valence-electron chi connectivity index (χ0n) is 27.0. The third kappa shape index (κ3) is 9.49. The van der Waals surface area contributed by atoms with Crippen LogP contribution in [0.3, 0.4) is 0 Å². The summed E-state index contributed by atoms with van der Waals surface area (Å²) < 4.78 is 11.2. The van der Waals surface area contributed by atoms with Gasteiger partial charge in [0.25, 0.3) is 5.91 Å². The molecule has 5 rings (SSSR count). The molecule has 252 valence electrons. The summed E-state index contributed by atoms with van der Waals surface area (Å²) in [7, 11) is 0. The van der Waals surface area contributed by atoms with Crippen molar-refractivity contribution in [2.24, 2.45) is 23.7 Å². The number of hydrogen-bond acceptors (Lipinski definition) is 9. The molecular weight excluding hydrogens is 602 g/mol. The molecule has 4 aliphatic carbocycles. The van der Waals surface area contributed by atoms with E-state index in [2.05, 4.69) is 21.5 Å². The molecular formula is C31H49N5O8S. The summed E-state index contributed by atoms with van der Waals surface area (Å²) in [5.74, 6) is -0.139. The minimum atomic E-state index is -1.31. The minimum absolute atomic E-state index is 0.185. The lowest BCUT2D eigenvalue weighted by molar-refractivity contribution is -0.172. The van der Waals surface area contributed by atoms with E-state index in [1.807, 2.05) is 6.26 Å². The zero-order chi connectivity index (χ0) is 32.9. The number of ether oxygens (including phenoxy) is 2. The smallest absolute Gasteiger partial charge is 0.426 e. The molecule has 5 fully saturated rings. The predicted molar refractivity (Wildman–Crippen MR) is 166 cm³/mol. The van der Waals surface area contributed by atoms with Crippen molar-refractivity contribution in [3.8, 4) is 0 Å². The van der Waals surface area contributed by atoms with Crippen LogP contribution in [0, 0.1) is 23.7 Å². The molecule has 0 aromatic heterocycles. The fourth-order valence-electron chi connectivity index (χ4n) is 7.66. The van der Waals surface area contributed by atoms with Crippen LogP contribution in [0.25, 0.3) is 0 Å². The van der Waals surface area contributed by atoms with Gasteiger partial charge in [0, 0.05) is 13.5 Å². The van der Waals surface area contributed by atoms with Crippen LogP contribution in [0.2, 0.25) is 0 Å². The number of likely N-dealkylation sites (tertiary alicyclic amines) is 1. The van der Waals surface area contributed by atoms with Gasteiger partial charge in [-0.1, -0.05) is 0 Å². The minimum Gasteiger partial charge on any atom is -0.462 e. The highest BCUT2D eigenvalue weighted by Gasteiger charge is 2.50. The Balaban J connectivity index is 1.46. The van der Waals surface area contributed by atoms with Gasteiger partial charge in [0.15, 0.2) is 0 Å². The van der Waals surface area contributed by atoms with Gasteiger partial charge < -0.3 is 25.0 Å². The van der Waals surface area contributed by atoms with Gasteiger partial charge in [0.1, 0.15) is 29.8 Å². The highest BCUT2D eigenvalue weighted by Crippen LogP contribution is 2.54. The number of esters is 1. The number of nitrogens with zero attached hydrogens (tertiary/aromatic N) is 1. The van der Waals surface area contributed by atoms with Gasteiger partial charge in [0.2, 0.25) is 17.7 Å². The van der Waals surface area contributed by atoms with E-state index in [4.69, 9.17) is 9.47 Å². The second-order valence-corrected chi connectivity index (χ2v) is 15.0. The van der Waals surface area contributed by atoms with E-state index in [0.717, 1.165) is 25.7 Å². The fraction of sp³-hybridized carbons (Fsp3) is 0.806. The molecule has 3 atom stereocenters. The molecule has 1 heterocycles. The summed E-state index contributed by atoms with van der Waals surface area (Å²) in [5.41, 5.74) is 3.75. The maximum Gasteiger partial charge on any atom is 0.426 e. The van der Waals surface area contributed by atoms with Crippen molar-refractivity contribution in [3.63, 3.8) is 0 Å². The van der Waals surface area contributed by atoms with E-state index < -0.39 is 65.8 Å². The Morgan fingerprint density at radius 3 is 2.13 bits per heavy atom. The molecule has 0 unspecified atom stereocenters. The predicted octanol–water partition coefficient (Wildman–Crippen LogP) is 2.03. The molecule has 0 spiro atoms. The van der Waals surface area contributed by atoms with E-state index in [-0.39, 0.29) is 12.6 Å². The molecule has 4 saturated carbocycles. The molecule has 5 amide bonds. The molecule has 0 aromatic carbocycles. The second-order valence-electron chi connectivity index (χ2n) is 14.0. The van der Waals surface area contributed by atoms with Crippen LogP contribution in [0.1, 0.15) is 85.5 Å². The Morgan fingerprint density at radius 1 is 0.911 bits per heavy atom. The fourth-order valence-corrected chi connectivity index (χ4v) is 8.13. The van der Waals surface area contributed by atoms with Crippen LogP contribution in [0.4, 0.5) is 4.79 Å². The zero-order valence-corrected chi connectivity index (χ0v) is 27.8. The SMILES string of the molecule is CSCC[C@H](NC(C)=O)C(=O)N[C@@H](CC(=O)OC1C2CC3CC(C2)CC1C3)C(=O)N1CCC[C@H]1C(=O)NNC(=O)OC(C)(C)C. The molecule has 14 heteroatoms. The van der Waals surface area contributed by atoms with Crippen molar-refractivity contribution in [1.29, 1.82) is 0 Å². The summed E-state index contributed by atoms with van der Waals surface area (Å²) >= 11 is 1.51. The molecule has 0 radical (unpaired) electrons. The monoisotopic (exact) mass is 651 g/mol. The Hall–Kier alpha value is -3.03. The lowest BCUT2D eigenvalue weighted by atomic mass is 9.55. The second kappa shape index (κ2) is 15.0. The van der Waals surface area contributed by atoms with E-state index in [1.54, 1.807) is 20.8 Å². The van der Waals surface area contributed by atoms with Crippen LogP contribution in [-0.4, -0.2) is 89.0 Å². The Morgan fingerprint density at radius 2 is 1.56 bits per heavy atom. The van der Waals surface area contributed by atoms with Crippen molar-refractivity contribution in [1.82, 2.24) is 26.4 Å². The van der Waals surface area contributed by atoms with E-state index in [0.29, 0.717) is 48.7 Å². The first-order valence-electron chi connectivity index (χ1n) is 16.1. The standard InChI is InChI=1S/C31H49N5O8S/c1-17(37)32-22(8-10-45-5)27(39)33-23(16-25(38)43-26-20-12-18-11-19(14-20)15-21(26)13-18)29(41)36-9-6-7-24(36)28(40)34-35-30(42)44-31(2,3)4/h18-24,26H,6-16H2,1-5H3,(H,32,37)(H,33,39)(H,34,40)(H,35,42)/t18?,19?,20?,21?,22-,23-,24-,26?/m0/s1. The van der Waals surface area contributed by atoms with Gasteiger partial charge >= 0.3 is 12.1 Å². The normalized spacial score (nSPS) is 28.1. The number of carbonyl (C=O) groups excluding carboxylic acids is 6. The lowest BCUT2D eigenvalue weighted by Crippen LogP contribution is -2.58. The number of carbonyl (C=O) groups is 6. The van der Waals surface area contributed by atoms with Crippen molar-refractivity contribution >= 4 is 47.5 Å². The van der Waals surface area contributed by atoms with Crippen molar-refractivity contribution in [2.75, 3.05) is 18.6 Å². The molecule has 1 saturated heterocycles. The summed E-state index contributed by atoms with van der Waals surface area (Å²) in [6.07, 6.45) is 7.10. The number of thioether (sulfide) groups is 1.